The molecule has 0 aromatic carbocycles. The molecule has 0 fully saturated rings. The van der Waals surface area contributed by atoms with Crippen LogP contribution < -0.4 is 0 Å². The molecule has 20 heavy (non-hydrogen) atoms. The molecule has 0 saturated carbocycles. The van der Waals surface area contributed by atoms with Crippen LogP contribution in [0.15, 0.2) is 37.0 Å². The molecule has 0 N–H and O–H groups in total. The van der Waals surface area contributed by atoms with Gasteiger partial charge in [-0.3, -0.25) is 0 Å². The van der Waals surface area contributed by atoms with Gasteiger partial charge in [0.05, 0.1) is 0 Å². The number of allylic oxidation sites excluding steroid dienone is 5. The standard InChI is InChI=1S/C20H36/c1-3-5-7-9-11-13-15-17-19-20-18-16-14-12-10-8-6-4-2/h3,5,7,9,11H,1,4,6,8,10,12-20H2,2H3. The summed E-state index contributed by atoms with van der Waals surface area (Å²) in [5.74, 6) is 0. The first-order valence-corrected chi connectivity index (χ1v) is 8.86. The lowest BCUT2D eigenvalue weighted by molar-refractivity contribution is 0.545. The van der Waals surface area contributed by atoms with Crippen LogP contribution in [0.4, 0.5) is 0 Å². The van der Waals surface area contributed by atoms with Crippen LogP contribution in [0.3, 0.4) is 0 Å². The predicted octanol–water partition coefficient (Wildman–Crippen LogP) is 7.38. The van der Waals surface area contributed by atoms with Crippen LogP contribution in [0, 0.1) is 0 Å². The largest absolute Gasteiger partial charge is 0.0991 e. The molecule has 0 heterocycles. The Morgan fingerprint density at radius 1 is 0.600 bits per heavy atom. The van der Waals surface area contributed by atoms with Gasteiger partial charge in [0.25, 0.3) is 0 Å². The lowest BCUT2D eigenvalue weighted by Crippen LogP contribution is -1.82. The Morgan fingerprint density at radius 3 is 1.60 bits per heavy atom. The van der Waals surface area contributed by atoms with Gasteiger partial charge in [0.1, 0.15) is 0 Å². The average Bonchev–Trinajstić information content (AvgIpc) is 2.47. The third-order valence-corrected chi connectivity index (χ3v) is 3.72. The van der Waals surface area contributed by atoms with Gasteiger partial charge in [-0.2, -0.15) is 0 Å². The SMILES string of the molecule is C=CC=CC=CCCCCCCCCCCCCCC. The van der Waals surface area contributed by atoms with Crippen molar-refractivity contribution < 1.29 is 0 Å². The van der Waals surface area contributed by atoms with Gasteiger partial charge in [0, 0.05) is 0 Å². The maximum atomic E-state index is 3.65. The van der Waals surface area contributed by atoms with E-state index in [1.54, 1.807) is 0 Å². The molecule has 0 aliphatic carbocycles. The molecule has 0 aliphatic rings. The van der Waals surface area contributed by atoms with Crippen LogP contribution in [0.1, 0.15) is 90.4 Å². The lowest BCUT2D eigenvalue weighted by atomic mass is 10.0. The van der Waals surface area contributed by atoms with Crippen molar-refractivity contribution in [2.75, 3.05) is 0 Å². The predicted molar refractivity (Wildman–Crippen MR) is 94.2 cm³/mol. The highest BCUT2D eigenvalue weighted by atomic mass is 14.0. The van der Waals surface area contributed by atoms with Crippen molar-refractivity contribution in [2.45, 2.75) is 90.4 Å². The Bertz CT molecular complexity index is 234. The molecule has 0 spiro atoms. The van der Waals surface area contributed by atoms with Gasteiger partial charge in [0.2, 0.25) is 0 Å². The van der Waals surface area contributed by atoms with Gasteiger partial charge in [-0.05, 0) is 12.8 Å². The van der Waals surface area contributed by atoms with Gasteiger partial charge in [-0.25, -0.2) is 0 Å². The van der Waals surface area contributed by atoms with E-state index in [0.717, 1.165) is 0 Å². The van der Waals surface area contributed by atoms with Crippen molar-refractivity contribution in [3.8, 4) is 0 Å². The molecular weight excluding hydrogens is 240 g/mol. The van der Waals surface area contributed by atoms with Crippen molar-refractivity contribution in [3.63, 3.8) is 0 Å². The van der Waals surface area contributed by atoms with Crippen LogP contribution in [0.25, 0.3) is 0 Å². The first-order valence-electron chi connectivity index (χ1n) is 8.86. The monoisotopic (exact) mass is 276 g/mol. The minimum atomic E-state index is 1.22. The Balaban J connectivity index is 3.04. The van der Waals surface area contributed by atoms with Gasteiger partial charge in [0.15, 0.2) is 0 Å². The summed E-state index contributed by atoms with van der Waals surface area (Å²) in [5, 5.41) is 0. The number of unbranched alkanes of at least 4 members (excludes halogenated alkanes) is 12. The molecule has 0 nitrogen and oxygen atoms in total. The summed E-state index contributed by atoms with van der Waals surface area (Å²) in [6, 6.07) is 0. The second kappa shape index (κ2) is 18.2. The molecule has 0 aromatic heterocycles. The third kappa shape index (κ3) is 17.2. The second-order valence-electron chi connectivity index (χ2n) is 5.73. The maximum absolute atomic E-state index is 3.65. The van der Waals surface area contributed by atoms with Gasteiger partial charge < -0.3 is 0 Å². The van der Waals surface area contributed by atoms with Crippen molar-refractivity contribution in [1.29, 1.82) is 0 Å². The summed E-state index contributed by atoms with van der Waals surface area (Å²) in [4.78, 5) is 0. The number of hydrogen-bond acceptors (Lipinski definition) is 0. The Morgan fingerprint density at radius 2 is 1.10 bits per heavy atom. The van der Waals surface area contributed by atoms with Crippen molar-refractivity contribution in [3.05, 3.63) is 37.0 Å². The molecule has 0 bridgehead atoms. The molecule has 0 aromatic rings. The lowest BCUT2D eigenvalue weighted by Gasteiger charge is -2.02. The smallest absolute Gasteiger partial charge is 0.0348 e. The van der Waals surface area contributed by atoms with Crippen LogP contribution in [0.5, 0.6) is 0 Å². The van der Waals surface area contributed by atoms with Crippen LogP contribution >= 0.6 is 0 Å². The molecular formula is C20H36. The summed E-state index contributed by atoms with van der Waals surface area (Å²) < 4.78 is 0. The van der Waals surface area contributed by atoms with Crippen LogP contribution in [-0.2, 0) is 0 Å². The van der Waals surface area contributed by atoms with E-state index in [4.69, 9.17) is 0 Å². The third-order valence-electron chi connectivity index (χ3n) is 3.72. The van der Waals surface area contributed by atoms with E-state index in [2.05, 4.69) is 25.7 Å². The van der Waals surface area contributed by atoms with Crippen LogP contribution in [-0.4, -0.2) is 0 Å². The quantitative estimate of drug-likeness (QED) is 0.216. The van der Waals surface area contributed by atoms with Crippen molar-refractivity contribution in [1.82, 2.24) is 0 Å². The summed E-state index contributed by atoms with van der Waals surface area (Å²) in [5.41, 5.74) is 0. The molecule has 0 rings (SSSR count). The summed E-state index contributed by atoms with van der Waals surface area (Å²) in [6.45, 7) is 5.93. The summed E-state index contributed by atoms with van der Waals surface area (Å²) in [6.07, 6.45) is 28.6. The van der Waals surface area contributed by atoms with E-state index in [1.165, 1.54) is 83.5 Å². The number of rotatable bonds is 15. The fraction of sp³-hybridized carbons (Fsp3) is 0.700. The zero-order valence-electron chi connectivity index (χ0n) is 13.8. The Labute approximate surface area is 128 Å². The van der Waals surface area contributed by atoms with E-state index >= 15 is 0 Å². The molecule has 0 unspecified atom stereocenters. The topological polar surface area (TPSA) is 0 Å². The second-order valence-corrected chi connectivity index (χ2v) is 5.73. The first-order chi connectivity index (χ1) is 9.91. The molecule has 0 saturated heterocycles. The first kappa shape index (κ1) is 19.2. The van der Waals surface area contributed by atoms with Gasteiger partial charge in [-0.1, -0.05) is 115 Å². The highest BCUT2D eigenvalue weighted by Gasteiger charge is 1.92. The van der Waals surface area contributed by atoms with E-state index in [-0.39, 0.29) is 0 Å². The fourth-order valence-corrected chi connectivity index (χ4v) is 2.42. The van der Waals surface area contributed by atoms with E-state index < -0.39 is 0 Å². The minimum absolute atomic E-state index is 1.22. The van der Waals surface area contributed by atoms with Crippen molar-refractivity contribution >= 4 is 0 Å². The average molecular weight is 277 g/mol. The van der Waals surface area contributed by atoms with E-state index in [1.807, 2.05) is 18.2 Å². The highest BCUT2D eigenvalue weighted by Crippen LogP contribution is 2.12. The van der Waals surface area contributed by atoms with E-state index in [0.29, 0.717) is 0 Å². The molecule has 0 atom stereocenters. The summed E-state index contributed by atoms with van der Waals surface area (Å²) in [7, 11) is 0. The number of hydrogen-bond donors (Lipinski definition) is 0. The molecule has 0 heteroatoms. The zero-order chi connectivity index (χ0) is 14.7. The van der Waals surface area contributed by atoms with Crippen LogP contribution in [0.2, 0.25) is 0 Å². The van der Waals surface area contributed by atoms with Crippen molar-refractivity contribution in [2.24, 2.45) is 0 Å². The molecule has 116 valence electrons. The maximum Gasteiger partial charge on any atom is -0.0348 e. The summed E-state index contributed by atoms with van der Waals surface area (Å²) >= 11 is 0. The van der Waals surface area contributed by atoms with E-state index in [9.17, 15) is 0 Å². The van der Waals surface area contributed by atoms with Gasteiger partial charge in [-0.15, -0.1) is 0 Å². The molecule has 0 aliphatic heterocycles. The van der Waals surface area contributed by atoms with Gasteiger partial charge >= 0.3 is 0 Å². The zero-order valence-corrected chi connectivity index (χ0v) is 13.8. The molecule has 0 amide bonds. The fourth-order valence-electron chi connectivity index (χ4n) is 2.42. The molecule has 0 radical (unpaired) electrons. The minimum Gasteiger partial charge on any atom is -0.0991 e. The Kier molecular flexibility index (Phi) is 17.5. The normalized spacial score (nSPS) is 11.7. The highest BCUT2D eigenvalue weighted by molar-refractivity contribution is 5.08. The Hall–Kier alpha value is -0.780.